The van der Waals surface area contributed by atoms with E-state index in [1.807, 2.05) is 25.1 Å². The molecule has 0 bridgehead atoms. The highest BCUT2D eigenvalue weighted by molar-refractivity contribution is 7.91. The van der Waals surface area contributed by atoms with Crippen LogP contribution >= 0.6 is 0 Å². The van der Waals surface area contributed by atoms with Crippen LogP contribution in [0.2, 0.25) is 0 Å². The number of sulfone groups is 1. The summed E-state index contributed by atoms with van der Waals surface area (Å²) in [5.41, 5.74) is 1.38. The van der Waals surface area contributed by atoms with Gasteiger partial charge in [-0.15, -0.1) is 0 Å². The van der Waals surface area contributed by atoms with Crippen molar-refractivity contribution in [2.75, 3.05) is 76.7 Å². The van der Waals surface area contributed by atoms with Crippen molar-refractivity contribution in [2.45, 2.75) is 72.7 Å². The van der Waals surface area contributed by atoms with E-state index in [1.165, 1.54) is 58.2 Å². The Hall–Kier alpha value is -2.41. The highest BCUT2D eigenvalue weighted by atomic mass is 32.2. The minimum Gasteiger partial charge on any atom is -0.612 e. The van der Waals surface area contributed by atoms with Crippen LogP contribution in [0, 0.1) is 0 Å². The number of benzene rings is 2. The van der Waals surface area contributed by atoms with Gasteiger partial charge in [0.2, 0.25) is 9.84 Å². The molecule has 3 saturated heterocycles. The van der Waals surface area contributed by atoms with Crippen LogP contribution < -0.4 is 9.64 Å². The first-order chi connectivity index (χ1) is 22.3. The summed E-state index contributed by atoms with van der Waals surface area (Å²) in [6.07, 6.45) is 8.79. The predicted molar refractivity (Wildman–Crippen MR) is 185 cm³/mol. The van der Waals surface area contributed by atoms with Crippen molar-refractivity contribution in [1.82, 2.24) is 19.7 Å². The average Bonchev–Trinajstić information content (AvgIpc) is 3.08. The molecule has 3 aromatic rings. The van der Waals surface area contributed by atoms with E-state index in [0.29, 0.717) is 40.5 Å². The Morgan fingerprint density at radius 3 is 2.11 bits per heavy atom. The number of nitrogens with zero attached hydrogens (tertiary/aromatic N) is 5. The molecule has 6 rings (SSSR count). The van der Waals surface area contributed by atoms with Gasteiger partial charge < -0.3 is 24.0 Å². The van der Waals surface area contributed by atoms with Gasteiger partial charge in [-0.05, 0) is 106 Å². The lowest BCUT2D eigenvalue weighted by molar-refractivity contribution is 0.0437. The van der Waals surface area contributed by atoms with Gasteiger partial charge in [0.15, 0.2) is 4.90 Å². The number of hydrogen-bond acceptors (Lipinski definition) is 9. The van der Waals surface area contributed by atoms with E-state index in [-0.39, 0.29) is 9.79 Å². The van der Waals surface area contributed by atoms with Crippen LogP contribution in [0.3, 0.4) is 0 Å². The van der Waals surface area contributed by atoms with Gasteiger partial charge in [0.1, 0.15) is 16.9 Å². The second-order valence-electron chi connectivity index (χ2n) is 12.9. The van der Waals surface area contributed by atoms with Gasteiger partial charge in [-0.3, -0.25) is 9.88 Å². The number of rotatable bonds is 10. The number of piperidine rings is 2. The summed E-state index contributed by atoms with van der Waals surface area (Å²) in [6.45, 7) is 14.4. The zero-order valence-corrected chi connectivity index (χ0v) is 29.2. The number of hydrogen-bond donors (Lipinski definition) is 0. The van der Waals surface area contributed by atoms with Gasteiger partial charge in [-0.2, -0.15) is 0 Å². The van der Waals surface area contributed by atoms with Crippen LogP contribution in [0.5, 0.6) is 5.75 Å². The molecule has 1 atom stereocenters. The standard InChI is InChI=1S/C35H49N5O4S2/c1-4-16-37-21-23-39(24-22-37)28-12-17-38(18-13-28)27-14-19-40(20-15-27)35-32-25-30(45(3)41)8-11-33(32)36-26-34(35)46(42,43)31-9-6-29(7-10-31)44-5-2/h6-11,25-28H,4-5,12-24H2,1-3H3. The molecule has 0 spiro atoms. The molecule has 1 aromatic heterocycles. The monoisotopic (exact) mass is 667 g/mol. The van der Waals surface area contributed by atoms with E-state index >= 15 is 0 Å². The predicted octanol–water partition coefficient (Wildman–Crippen LogP) is 4.66. The first-order valence-electron chi connectivity index (χ1n) is 17.0. The molecule has 1 unspecified atom stereocenters. The molecule has 3 aliphatic heterocycles. The minimum atomic E-state index is -3.89. The van der Waals surface area contributed by atoms with Crippen molar-refractivity contribution in [2.24, 2.45) is 0 Å². The Labute approximate surface area is 278 Å². The molecule has 0 aliphatic carbocycles. The zero-order chi connectivity index (χ0) is 32.3. The summed E-state index contributed by atoms with van der Waals surface area (Å²) in [7, 11) is -3.89. The number of piperazine rings is 1. The molecule has 3 fully saturated rings. The van der Waals surface area contributed by atoms with E-state index in [1.54, 1.807) is 30.5 Å². The average molecular weight is 668 g/mol. The maximum atomic E-state index is 14.2. The Bertz CT molecular complexity index is 1560. The summed E-state index contributed by atoms with van der Waals surface area (Å²) in [6, 6.07) is 13.3. The summed E-state index contributed by atoms with van der Waals surface area (Å²) < 4.78 is 46.4. The largest absolute Gasteiger partial charge is 0.612 e. The first kappa shape index (κ1) is 33.5. The van der Waals surface area contributed by atoms with Gasteiger partial charge in [-0.1, -0.05) is 6.92 Å². The Morgan fingerprint density at radius 1 is 0.870 bits per heavy atom. The van der Waals surface area contributed by atoms with Crippen LogP contribution in [-0.2, 0) is 21.0 Å². The minimum absolute atomic E-state index is 0.196. The Balaban J connectivity index is 1.19. The van der Waals surface area contributed by atoms with E-state index in [2.05, 4.69) is 31.5 Å². The van der Waals surface area contributed by atoms with Crippen molar-refractivity contribution >= 4 is 37.6 Å². The highest BCUT2D eigenvalue weighted by Gasteiger charge is 2.34. The van der Waals surface area contributed by atoms with Crippen LogP contribution in [-0.4, -0.2) is 117 Å². The van der Waals surface area contributed by atoms with Crippen LogP contribution in [0.15, 0.2) is 63.3 Å². The molecule has 250 valence electrons. The number of ether oxygens (including phenoxy) is 1. The molecule has 0 N–H and O–H groups in total. The van der Waals surface area contributed by atoms with E-state index in [9.17, 15) is 13.0 Å². The van der Waals surface area contributed by atoms with E-state index < -0.39 is 21.0 Å². The molecule has 2 aromatic carbocycles. The quantitative estimate of drug-likeness (QED) is 0.286. The highest BCUT2D eigenvalue weighted by Crippen LogP contribution is 2.39. The van der Waals surface area contributed by atoms with Gasteiger partial charge in [-0.25, -0.2) is 8.42 Å². The molecule has 11 heteroatoms. The molecular weight excluding hydrogens is 619 g/mol. The zero-order valence-electron chi connectivity index (χ0n) is 27.6. The molecule has 0 amide bonds. The smallest absolute Gasteiger partial charge is 0.210 e. The van der Waals surface area contributed by atoms with Gasteiger partial charge in [0.05, 0.1) is 22.7 Å². The molecule has 0 saturated carbocycles. The topological polar surface area (TPSA) is 92.3 Å². The van der Waals surface area contributed by atoms with Gasteiger partial charge >= 0.3 is 0 Å². The van der Waals surface area contributed by atoms with Crippen molar-refractivity contribution in [3.05, 3.63) is 48.7 Å². The summed E-state index contributed by atoms with van der Waals surface area (Å²) >= 11 is -1.21. The normalized spacial score (nSPS) is 20.7. The fourth-order valence-electron chi connectivity index (χ4n) is 7.59. The summed E-state index contributed by atoms with van der Waals surface area (Å²) in [5.74, 6) is 0.633. The third-order valence-electron chi connectivity index (χ3n) is 10.1. The molecule has 9 nitrogen and oxygen atoms in total. The Kier molecular flexibility index (Phi) is 10.8. The number of fused-ring (bicyclic) bond motifs is 1. The lowest BCUT2D eigenvalue weighted by Gasteiger charge is -2.46. The lowest BCUT2D eigenvalue weighted by Crippen LogP contribution is -2.55. The lowest BCUT2D eigenvalue weighted by atomic mass is 9.96. The maximum absolute atomic E-state index is 14.2. The first-order valence-corrected chi connectivity index (χ1v) is 20.0. The molecule has 4 heterocycles. The fraction of sp³-hybridized carbons (Fsp3) is 0.571. The number of aromatic nitrogens is 1. The third kappa shape index (κ3) is 7.19. The molecular formula is C35H49N5O4S2. The number of anilines is 1. The van der Waals surface area contributed by atoms with Crippen LogP contribution in [0.25, 0.3) is 10.9 Å². The van der Waals surface area contributed by atoms with Crippen LogP contribution in [0.4, 0.5) is 5.69 Å². The maximum Gasteiger partial charge on any atom is 0.210 e. The van der Waals surface area contributed by atoms with Crippen molar-refractivity contribution in [3.63, 3.8) is 0 Å². The SMILES string of the molecule is CCCN1CCN(C2CCN(C3CCN(c4c(S(=O)(=O)c5ccc(OCC)cc5)cnc5ccc([S+](C)[O-])cc45)CC3)CC2)CC1. The van der Waals surface area contributed by atoms with Crippen molar-refractivity contribution in [3.8, 4) is 5.75 Å². The molecule has 3 aliphatic rings. The van der Waals surface area contributed by atoms with Crippen molar-refractivity contribution in [1.29, 1.82) is 0 Å². The molecule has 46 heavy (non-hydrogen) atoms. The summed E-state index contributed by atoms with van der Waals surface area (Å²) in [4.78, 5) is 15.9. The number of likely N-dealkylation sites (tertiary alicyclic amines) is 1. The van der Waals surface area contributed by atoms with Gasteiger partial charge in [0, 0.05) is 69.0 Å². The Morgan fingerprint density at radius 2 is 1.50 bits per heavy atom. The second-order valence-corrected chi connectivity index (χ2v) is 16.2. The van der Waals surface area contributed by atoms with Gasteiger partial charge in [0.25, 0.3) is 0 Å². The fourth-order valence-corrected chi connectivity index (χ4v) is 9.57. The van der Waals surface area contributed by atoms with Crippen LogP contribution in [0.1, 0.15) is 46.0 Å². The second kappa shape index (κ2) is 14.8. The molecule has 0 radical (unpaired) electrons. The van der Waals surface area contributed by atoms with E-state index in [4.69, 9.17) is 4.74 Å². The number of pyridine rings is 1. The van der Waals surface area contributed by atoms with Crippen molar-refractivity contribution < 1.29 is 17.7 Å². The third-order valence-corrected chi connectivity index (χ3v) is 12.8. The summed E-state index contributed by atoms with van der Waals surface area (Å²) in [5, 5.41) is 0.734. The van der Waals surface area contributed by atoms with E-state index in [0.717, 1.165) is 44.4 Å².